The van der Waals surface area contributed by atoms with E-state index in [2.05, 4.69) is 15.5 Å². The number of amides is 1. The molecule has 0 aliphatic rings. The molecule has 1 aromatic heterocycles. The molecule has 3 aromatic rings. The highest BCUT2D eigenvalue weighted by atomic mass is 32.2. The lowest BCUT2D eigenvalue weighted by Crippen LogP contribution is -2.17. The summed E-state index contributed by atoms with van der Waals surface area (Å²) in [5.41, 5.74) is 1.41. The van der Waals surface area contributed by atoms with Crippen LogP contribution >= 0.6 is 11.8 Å². The van der Waals surface area contributed by atoms with Crippen LogP contribution in [0.25, 0.3) is 11.4 Å². The van der Waals surface area contributed by atoms with Crippen LogP contribution in [-0.2, 0) is 4.79 Å². The van der Waals surface area contributed by atoms with Crippen molar-refractivity contribution in [1.82, 2.24) is 14.9 Å². The van der Waals surface area contributed by atoms with Gasteiger partial charge in [0.15, 0.2) is 5.82 Å². The second-order valence-electron chi connectivity index (χ2n) is 6.64. The molecule has 0 saturated heterocycles. The molecular weight excluding hydrogens is 402 g/mol. The molecule has 1 amide bonds. The smallest absolute Gasteiger partial charge is 0.234 e. The number of carbonyl (C=O) groups excluding carboxylic acids is 1. The Morgan fingerprint density at radius 2 is 2.00 bits per heavy atom. The zero-order valence-corrected chi connectivity index (χ0v) is 18.0. The van der Waals surface area contributed by atoms with Gasteiger partial charge in [0.2, 0.25) is 11.1 Å². The molecule has 0 spiro atoms. The minimum absolute atomic E-state index is 0.0634. The van der Waals surface area contributed by atoms with Gasteiger partial charge >= 0.3 is 0 Å². The highest BCUT2D eigenvalue weighted by Gasteiger charge is 2.15. The summed E-state index contributed by atoms with van der Waals surface area (Å²) in [5.74, 6) is 7.96. The zero-order valence-electron chi connectivity index (χ0n) is 17.2. The fourth-order valence-electron chi connectivity index (χ4n) is 2.72. The van der Waals surface area contributed by atoms with Crippen LogP contribution in [0.1, 0.15) is 20.8 Å². The molecule has 0 unspecified atom stereocenters. The number of aromatic nitrogens is 3. The van der Waals surface area contributed by atoms with Gasteiger partial charge in [-0.05, 0) is 45.0 Å². The monoisotopic (exact) mass is 427 g/mol. The van der Waals surface area contributed by atoms with Gasteiger partial charge in [-0.3, -0.25) is 4.79 Å². The van der Waals surface area contributed by atoms with E-state index in [-0.39, 0.29) is 17.8 Å². The van der Waals surface area contributed by atoms with Crippen molar-refractivity contribution in [2.75, 3.05) is 23.5 Å². The lowest BCUT2D eigenvalue weighted by Gasteiger charge is -2.11. The van der Waals surface area contributed by atoms with Crippen molar-refractivity contribution in [3.05, 3.63) is 48.5 Å². The molecule has 0 atom stereocenters. The van der Waals surface area contributed by atoms with E-state index in [9.17, 15) is 4.79 Å². The molecular formula is C21H25N5O3S. The van der Waals surface area contributed by atoms with E-state index in [1.807, 2.05) is 63.2 Å². The zero-order chi connectivity index (χ0) is 21.5. The van der Waals surface area contributed by atoms with Crippen LogP contribution in [0.4, 0.5) is 5.69 Å². The van der Waals surface area contributed by atoms with Crippen LogP contribution in [0, 0.1) is 0 Å². The average molecular weight is 428 g/mol. The van der Waals surface area contributed by atoms with E-state index in [1.165, 1.54) is 16.4 Å². The molecule has 30 heavy (non-hydrogen) atoms. The fraction of sp³-hybridized carbons (Fsp3) is 0.286. The van der Waals surface area contributed by atoms with Crippen molar-refractivity contribution in [3.63, 3.8) is 0 Å². The predicted molar refractivity (Wildman–Crippen MR) is 118 cm³/mol. The topological polar surface area (TPSA) is 104 Å². The molecule has 158 valence electrons. The number of hydrogen-bond donors (Lipinski definition) is 2. The van der Waals surface area contributed by atoms with Crippen LogP contribution in [0.2, 0.25) is 0 Å². The fourth-order valence-corrected chi connectivity index (χ4v) is 3.38. The summed E-state index contributed by atoms with van der Waals surface area (Å²) in [7, 11) is 0. The number of nitrogens with two attached hydrogens (primary N) is 1. The van der Waals surface area contributed by atoms with E-state index in [0.717, 1.165) is 11.3 Å². The molecule has 2 aromatic carbocycles. The Morgan fingerprint density at radius 1 is 1.20 bits per heavy atom. The molecule has 3 N–H and O–H groups in total. The number of anilines is 1. The lowest BCUT2D eigenvalue weighted by atomic mass is 10.2. The summed E-state index contributed by atoms with van der Waals surface area (Å²) < 4.78 is 12.6. The number of ether oxygens (including phenoxy) is 2. The first-order valence-corrected chi connectivity index (χ1v) is 10.6. The van der Waals surface area contributed by atoms with Crippen molar-refractivity contribution in [2.45, 2.75) is 32.0 Å². The minimum Gasteiger partial charge on any atom is -0.492 e. The number of nitrogen functional groups attached to an aromatic ring is 1. The number of rotatable bonds is 9. The first-order valence-electron chi connectivity index (χ1n) is 9.60. The van der Waals surface area contributed by atoms with Crippen molar-refractivity contribution in [1.29, 1.82) is 0 Å². The molecule has 0 aliphatic heterocycles. The van der Waals surface area contributed by atoms with Gasteiger partial charge < -0.3 is 20.6 Å². The molecule has 0 saturated carbocycles. The maximum Gasteiger partial charge on any atom is 0.234 e. The Morgan fingerprint density at radius 3 is 2.77 bits per heavy atom. The number of nitrogens with zero attached hydrogens (tertiary/aromatic N) is 3. The summed E-state index contributed by atoms with van der Waals surface area (Å²) in [5, 5.41) is 11.6. The lowest BCUT2D eigenvalue weighted by molar-refractivity contribution is -0.113. The molecule has 1 heterocycles. The van der Waals surface area contributed by atoms with Gasteiger partial charge in [0.25, 0.3) is 0 Å². The molecule has 3 rings (SSSR count). The summed E-state index contributed by atoms with van der Waals surface area (Å²) >= 11 is 1.20. The summed E-state index contributed by atoms with van der Waals surface area (Å²) in [6.07, 6.45) is 0.0634. The molecule has 0 aliphatic carbocycles. The van der Waals surface area contributed by atoms with Crippen LogP contribution < -0.4 is 20.6 Å². The second-order valence-corrected chi connectivity index (χ2v) is 7.58. The maximum absolute atomic E-state index is 12.4. The summed E-state index contributed by atoms with van der Waals surface area (Å²) in [4.78, 5) is 12.4. The Hall–Kier alpha value is -3.20. The molecule has 8 nitrogen and oxygen atoms in total. The van der Waals surface area contributed by atoms with Gasteiger partial charge in [0, 0.05) is 5.56 Å². The molecule has 9 heteroatoms. The highest BCUT2D eigenvalue weighted by Crippen LogP contribution is 2.26. The SMILES string of the molecule is CCOc1ccccc1NC(=O)CSc1nnc(-c2cccc(OC(C)C)c2)n1N. The number of para-hydroxylation sites is 2. The van der Waals surface area contributed by atoms with Crippen molar-refractivity contribution >= 4 is 23.4 Å². The van der Waals surface area contributed by atoms with Crippen molar-refractivity contribution < 1.29 is 14.3 Å². The quantitative estimate of drug-likeness (QED) is 0.397. The number of thioether (sulfide) groups is 1. The normalized spacial score (nSPS) is 10.8. The summed E-state index contributed by atoms with van der Waals surface area (Å²) in [6.45, 7) is 6.34. The third-order valence-electron chi connectivity index (χ3n) is 3.92. The van der Waals surface area contributed by atoms with Crippen LogP contribution in [0.3, 0.4) is 0 Å². The van der Waals surface area contributed by atoms with Gasteiger partial charge in [-0.15, -0.1) is 10.2 Å². The van der Waals surface area contributed by atoms with Crippen molar-refractivity contribution in [3.8, 4) is 22.9 Å². The first kappa shape index (κ1) is 21.5. The predicted octanol–water partition coefficient (Wildman–Crippen LogP) is 3.58. The first-order chi connectivity index (χ1) is 14.5. The van der Waals surface area contributed by atoms with Crippen molar-refractivity contribution in [2.24, 2.45) is 0 Å². The van der Waals surface area contributed by atoms with Crippen LogP contribution in [-0.4, -0.2) is 39.2 Å². The maximum atomic E-state index is 12.4. The largest absolute Gasteiger partial charge is 0.492 e. The Kier molecular flexibility index (Phi) is 7.18. The molecule has 0 bridgehead atoms. The number of hydrogen-bond acceptors (Lipinski definition) is 7. The second kappa shape index (κ2) is 10.0. The van der Waals surface area contributed by atoms with E-state index >= 15 is 0 Å². The molecule has 0 radical (unpaired) electrons. The third kappa shape index (κ3) is 5.44. The minimum atomic E-state index is -0.191. The average Bonchev–Trinajstić information content (AvgIpc) is 3.08. The van der Waals surface area contributed by atoms with E-state index in [1.54, 1.807) is 6.07 Å². The van der Waals surface area contributed by atoms with E-state index in [4.69, 9.17) is 15.3 Å². The highest BCUT2D eigenvalue weighted by molar-refractivity contribution is 7.99. The van der Waals surface area contributed by atoms with Gasteiger partial charge in [0.1, 0.15) is 11.5 Å². The summed E-state index contributed by atoms with van der Waals surface area (Å²) in [6, 6.07) is 14.8. The molecule has 0 fully saturated rings. The Balaban J connectivity index is 1.65. The number of nitrogens with one attached hydrogen (secondary N) is 1. The Labute approximate surface area is 179 Å². The van der Waals surface area contributed by atoms with Gasteiger partial charge in [-0.25, -0.2) is 4.68 Å². The van der Waals surface area contributed by atoms with Gasteiger partial charge in [0.05, 0.1) is 24.2 Å². The van der Waals surface area contributed by atoms with Gasteiger partial charge in [-0.2, -0.15) is 0 Å². The van der Waals surface area contributed by atoms with Crippen LogP contribution in [0.5, 0.6) is 11.5 Å². The third-order valence-corrected chi connectivity index (χ3v) is 4.86. The van der Waals surface area contributed by atoms with E-state index in [0.29, 0.717) is 29.0 Å². The Bertz CT molecular complexity index is 1010. The number of carbonyl (C=O) groups is 1. The van der Waals surface area contributed by atoms with E-state index < -0.39 is 0 Å². The van der Waals surface area contributed by atoms with Crippen LogP contribution in [0.15, 0.2) is 53.7 Å². The van der Waals surface area contributed by atoms with Gasteiger partial charge in [-0.1, -0.05) is 36.0 Å². The number of benzene rings is 2. The standard InChI is InChI=1S/C21H25N5O3S/c1-4-28-18-11-6-5-10-17(18)23-19(27)13-30-21-25-24-20(26(21)22)15-8-7-9-16(12-15)29-14(2)3/h5-12,14H,4,13,22H2,1-3H3,(H,23,27).